The van der Waals surface area contributed by atoms with Crippen molar-refractivity contribution in [3.8, 4) is 5.19 Å². The molecule has 0 radical (unpaired) electrons. The lowest BCUT2D eigenvalue weighted by molar-refractivity contribution is -0.153. The molecular formula is C21H28F3N5O3S2. The van der Waals surface area contributed by atoms with Gasteiger partial charge in [0.2, 0.25) is 5.91 Å². The molecule has 0 aliphatic carbocycles. The summed E-state index contributed by atoms with van der Waals surface area (Å²) in [5.74, 6) is 0.633. The molecule has 13 heteroatoms. The molecule has 8 nitrogen and oxygen atoms in total. The topological polar surface area (TPSA) is 89.5 Å². The molecule has 4 rings (SSSR count). The summed E-state index contributed by atoms with van der Waals surface area (Å²) in [6, 6.07) is 0.0202. The number of alkyl halides is 3. The minimum atomic E-state index is -4.36. The SMILES string of the molecule is Cc1nsc(CC(=O)N[C@H]2CC[C@H](CCN3CCc4nc(OCC(F)(F)F)sc4CC3)OC2)n1. The van der Waals surface area contributed by atoms with E-state index >= 15 is 0 Å². The minimum absolute atomic E-state index is 0.0202. The van der Waals surface area contributed by atoms with Gasteiger partial charge in [0.1, 0.15) is 10.8 Å². The van der Waals surface area contributed by atoms with E-state index in [0.29, 0.717) is 18.9 Å². The van der Waals surface area contributed by atoms with Crippen molar-refractivity contribution in [2.45, 2.75) is 63.8 Å². The average molecular weight is 520 g/mol. The Labute approximate surface area is 204 Å². The summed E-state index contributed by atoms with van der Waals surface area (Å²) in [6.07, 6.45) is 0.203. The van der Waals surface area contributed by atoms with Crippen molar-refractivity contribution >= 4 is 28.8 Å². The van der Waals surface area contributed by atoms with Gasteiger partial charge < -0.3 is 19.7 Å². The van der Waals surface area contributed by atoms with E-state index in [9.17, 15) is 18.0 Å². The first kappa shape index (κ1) is 25.3. The van der Waals surface area contributed by atoms with Crippen molar-refractivity contribution < 1.29 is 27.4 Å². The Bertz CT molecular complexity index is 934. The first-order chi connectivity index (χ1) is 16.2. The molecule has 188 valence electrons. The maximum atomic E-state index is 12.4. The van der Waals surface area contributed by atoms with Gasteiger partial charge in [0.15, 0.2) is 6.61 Å². The van der Waals surface area contributed by atoms with Crippen molar-refractivity contribution in [1.82, 2.24) is 24.6 Å². The van der Waals surface area contributed by atoms with E-state index in [1.807, 2.05) is 6.92 Å². The molecule has 4 heterocycles. The maximum Gasteiger partial charge on any atom is 0.422 e. The first-order valence-corrected chi connectivity index (χ1v) is 12.9. The number of rotatable bonds is 8. The van der Waals surface area contributed by atoms with Gasteiger partial charge in [-0.2, -0.15) is 17.5 Å². The molecule has 0 unspecified atom stereocenters. The first-order valence-electron chi connectivity index (χ1n) is 11.3. The van der Waals surface area contributed by atoms with E-state index < -0.39 is 12.8 Å². The van der Waals surface area contributed by atoms with E-state index in [4.69, 9.17) is 9.47 Å². The Morgan fingerprint density at radius 1 is 1.26 bits per heavy atom. The lowest BCUT2D eigenvalue weighted by Gasteiger charge is -2.31. The number of nitrogens with one attached hydrogen (secondary N) is 1. The van der Waals surface area contributed by atoms with Gasteiger partial charge in [-0.15, -0.1) is 0 Å². The van der Waals surface area contributed by atoms with E-state index in [1.165, 1.54) is 22.9 Å². The van der Waals surface area contributed by atoms with Crippen molar-refractivity contribution in [1.29, 1.82) is 0 Å². The van der Waals surface area contributed by atoms with Gasteiger partial charge >= 0.3 is 6.18 Å². The lowest BCUT2D eigenvalue weighted by Crippen LogP contribution is -2.44. The summed E-state index contributed by atoms with van der Waals surface area (Å²) in [4.78, 5) is 24.1. The summed E-state index contributed by atoms with van der Waals surface area (Å²) < 4.78 is 51.9. The lowest BCUT2D eigenvalue weighted by atomic mass is 10.0. The van der Waals surface area contributed by atoms with E-state index in [-0.39, 0.29) is 29.7 Å². The zero-order chi connectivity index (χ0) is 24.1. The predicted molar refractivity (Wildman–Crippen MR) is 121 cm³/mol. The van der Waals surface area contributed by atoms with Crippen molar-refractivity contribution in [3.63, 3.8) is 0 Å². The van der Waals surface area contributed by atoms with Crippen LogP contribution in [0.1, 0.15) is 40.7 Å². The number of aryl methyl sites for hydroxylation is 1. The second kappa shape index (κ2) is 11.3. The number of amides is 1. The molecule has 0 bridgehead atoms. The number of hydrogen-bond donors (Lipinski definition) is 1. The average Bonchev–Trinajstić information content (AvgIpc) is 3.32. The quantitative estimate of drug-likeness (QED) is 0.574. The van der Waals surface area contributed by atoms with E-state index in [0.717, 1.165) is 60.9 Å². The van der Waals surface area contributed by atoms with Crippen LogP contribution < -0.4 is 10.1 Å². The maximum absolute atomic E-state index is 12.4. The fourth-order valence-corrected chi connectivity index (χ4v) is 5.71. The fraction of sp³-hybridized carbons (Fsp3) is 0.714. The van der Waals surface area contributed by atoms with Gasteiger partial charge in [0.25, 0.3) is 5.19 Å². The number of carbonyl (C=O) groups excluding carboxylic acids is 1. The standard InChI is InChI=1S/C21H28F3N5O3S2/c1-13-25-19(34-28-13)10-18(30)26-14-2-3-15(31-11-14)4-7-29-8-5-16-17(6-9-29)33-20(27-16)32-12-21(22,23)24/h14-15H,2-12H2,1H3,(H,26,30)/t14-,15+/m0/s1. The normalized spacial score (nSPS) is 21.6. The van der Waals surface area contributed by atoms with E-state index in [1.54, 1.807) is 0 Å². The van der Waals surface area contributed by atoms with Crippen LogP contribution in [0.4, 0.5) is 13.2 Å². The molecule has 1 N–H and O–H groups in total. The van der Waals surface area contributed by atoms with Crippen molar-refractivity contribution in [3.05, 3.63) is 21.4 Å². The largest absolute Gasteiger partial charge is 0.460 e. The van der Waals surface area contributed by atoms with Crippen LogP contribution in [-0.2, 0) is 28.8 Å². The molecule has 2 aliphatic heterocycles. The molecule has 1 amide bonds. The van der Waals surface area contributed by atoms with Gasteiger partial charge in [-0.3, -0.25) is 4.79 Å². The molecule has 2 aromatic heterocycles. The van der Waals surface area contributed by atoms with Crippen LogP contribution in [0.3, 0.4) is 0 Å². The molecule has 34 heavy (non-hydrogen) atoms. The highest BCUT2D eigenvalue weighted by Gasteiger charge is 2.30. The van der Waals surface area contributed by atoms with Crippen LogP contribution in [0, 0.1) is 6.92 Å². The molecule has 0 saturated carbocycles. The monoisotopic (exact) mass is 519 g/mol. The Morgan fingerprint density at radius 2 is 2.09 bits per heavy atom. The molecule has 2 atom stereocenters. The molecule has 2 aliphatic rings. The van der Waals surface area contributed by atoms with E-state index in [2.05, 4.69) is 24.6 Å². The molecule has 0 aromatic carbocycles. The fourth-order valence-electron chi connectivity index (χ4n) is 4.12. The second-order valence-corrected chi connectivity index (χ2v) is 10.5. The van der Waals surface area contributed by atoms with Gasteiger partial charge in [-0.25, -0.2) is 9.97 Å². The van der Waals surface area contributed by atoms with Crippen molar-refractivity contribution in [2.75, 3.05) is 32.8 Å². The Hall–Kier alpha value is -1.83. The highest BCUT2D eigenvalue weighted by molar-refractivity contribution is 7.13. The summed E-state index contributed by atoms with van der Waals surface area (Å²) in [5, 5.41) is 3.85. The third kappa shape index (κ3) is 7.59. The number of nitrogens with zero attached hydrogens (tertiary/aromatic N) is 4. The smallest absolute Gasteiger partial charge is 0.422 e. The second-order valence-electron chi connectivity index (χ2n) is 8.59. The number of fused-ring (bicyclic) bond motifs is 1. The number of hydrogen-bond acceptors (Lipinski definition) is 9. The van der Waals surface area contributed by atoms with Crippen LogP contribution in [-0.4, -0.2) is 76.3 Å². The zero-order valence-electron chi connectivity index (χ0n) is 18.9. The number of thiazole rings is 1. The molecule has 1 fully saturated rings. The van der Waals surface area contributed by atoms with Crippen molar-refractivity contribution in [2.24, 2.45) is 0 Å². The van der Waals surface area contributed by atoms with Gasteiger partial charge in [-0.05, 0) is 44.1 Å². The third-order valence-corrected chi connectivity index (χ3v) is 7.69. The molecule has 1 saturated heterocycles. The highest BCUT2D eigenvalue weighted by atomic mass is 32.1. The van der Waals surface area contributed by atoms with Crippen LogP contribution in [0.25, 0.3) is 0 Å². The Morgan fingerprint density at radius 3 is 2.79 bits per heavy atom. The van der Waals surface area contributed by atoms with Gasteiger partial charge in [0, 0.05) is 30.9 Å². The minimum Gasteiger partial charge on any atom is -0.460 e. The highest BCUT2D eigenvalue weighted by Crippen LogP contribution is 2.29. The van der Waals surface area contributed by atoms with Crippen LogP contribution in [0.2, 0.25) is 0 Å². The summed E-state index contributed by atoms with van der Waals surface area (Å²) in [5.41, 5.74) is 0.848. The Balaban J connectivity index is 1.13. The third-order valence-electron chi connectivity index (χ3n) is 5.82. The number of ether oxygens (including phenoxy) is 2. The molecule has 0 spiro atoms. The number of carbonyl (C=O) groups is 1. The van der Waals surface area contributed by atoms with Crippen LogP contribution in [0.5, 0.6) is 5.19 Å². The van der Waals surface area contributed by atoms with Gasteiger partial charge in [-0.1, -0.05) is 11.3 Å². The number of aromatic nitrogens is 3. The molecular weight excluding hydrogens is 491 g/mol. The number of halogens is 3. The summed E-state index contributed by atoms with van der Waals surface area (Å²) in [7, 11) is 0. The molecule has 2 aromatic rings. The predicted octanol–water partition coefficient (Wildman–Crippen LogP) is 2.94. The summed E-state index contributed by atoms with van der Waals surface area (Å²) >= 11 is 2.47. The summed E-state index contributed by atoms with van der Waals surface area (Å²) in [6.45, 7) is 3.55. The van der Waals surface area contributed by atoms with Gasteiger partial charge in [0.05, 0.1) is 30.9 Å². The zero-order valence-corrected chi connectivity index (χ0v) is 20.5. The van der Waals surface area contributed by atoms with Crippen LogP contribution >= 0.6 is 22.9 Å². The Kier molecular flexibility index (Phi) is 8.38. The van der Waals surface area contributed by atoms with Crippen LogP contribution in [0.15, 0.2) is 0 Å².